The first-order chi connectivity index (χ1) is 13.4. The third-order valence-corrected chi connectivity index (χ3v) is 6.24. The molecule has 0 N–H and O–H groups in total. The largest absolute Gasteiger partial charge is 0.488 e. The summed E-state index contributed by atoms with van der Waals surface area (Å²) in [7, 11) is 0.973. The SMILES string of the molecule is COC(=O)c1cc(OC(C)(C)C)ccc1[S+](c1ccccc1)c1ccccc1. The van der Waals surface area contributed by atoms with Gasteiger partial charge in [0, 0.05) is 0 Å². The van der Waals surface area contributed by atoms with E-state index < -0.39 is 10.9 Å². The smallest absolute Gasteiger partial charge is 0.343 e. The number of rotatable bonds is 5. The van der Waals surface area contributed by atoms with Crippen LogP contribution in [0.1, 0.15) is 31.1 Å². The maximum atomic E-state index is 12.6. The maximum Gasteiger partial charge on any atom is 0.343 e. The molecular formula is C24H25O3S+. The highest BCUT2D eigenvalue weighted by Gasteiger charge is 2.34. The van der Waals surface area contributed by atoms with Crippen LogP contribution in [-0.2, 0) is 15.6 Å². The third-order valence-electron chi connectivity index (χ3n) is 3.96. The van der Waals surface area contributed by atoms with E-state index in [9.17, 15) is 4.79 Å². The summed E-state index contributed by atoms with van der Waals surface area (Å²) in [4.78, 5) is 15.9. The number of benzene rings is 3. The zero-order valence-corrected chi connectivity index (χ0v) is 17.5. The molecule has 0 heterocycles. The van der Waals surface area contributed by atoms with E-state index in [4.69, 9.17) is 9.47 Å². The average molecular weight is 394 g/mol. The fourth-order valence-corrected chi connectivity index (χ4v) is 5.08. The van der Waals surface area contributed by atoms with Crippen LogP contribution in [0, 0.1) is 0 Å². The molecule has 0 amide bonds. The van der Waals surface area contributed by atoms with Gasteiger partial charge in [0.2, 0.25) is 0 Å². The van der Waals surface area contributed by atoms with Gasteiger partial charge in [-0.2, -0.15) is 0 Å². The number of esters is 1. The van der Waals surface area contributed by atoms with Gasteiger partial charge in [0.25, 0.3) is 0 Å². The number of carbonyl (C=O) groups is 1. The normalized spacial score (nSPS) is 11.3. The van der Waals surface area contributed by atoms with E-state index in [-0.39, 0.29) is 11.6 Å². The average Bonchev–Trinajstić information content (AvgIpc) is 2.69. The Kier molecular flexibility index (Phi) is 6.10. The van der Waals surface area contributed by atoms with E-state index in [1.54, 1.807) is 6.07 Å². The predicted molar refractivity (Wildman–Crippen MR) is 113 cm³/mol. The van der Waals surface area contributed by atoms with Crippen LogP contribution < -0.4 is 4.74 Å². The quantitative estimate of drug-likeness (QED) is 0.409. The summed E-state index contributed by atoms with van der Waals surface area (Å²) in [6.07, 6.45) is 0. The lowest BCUT2D eigenvalue weighted by molar-refractivity contribution is 0.0594. The van der Waals surface area contributed by atoms with Gasteiger partial charge in [0.05, 0.1) is 7.11 Å². The van der Waals surface area contributed by atoms with Gasteiger partial charge >= 0.3 is 5.97 Å². The van der Waals surface area contributed by atoms with E-state index in [0.717, 1.165) is 14.7 Å². The third kappa shape index (κ3) is 4.76. The lowest BCUT2D eigenvalue weighted by atomic mass is 10.1. The number of hydrogen-bond donors (Lipinski definition) is 0. The van der Waals surface area contributed by atoms with Crippen molar-refractivity contribution in [3.05, 3.63) is 84.4 Å². The monoisotopic (exact) mass is 393 g/mol. The van der Waals surface area contributed by atoms with Crippen molar-refractivity contribution >= 4 is 16.9 Å². The zero-order chi connectivity index (χ0) is 20.1. The van der Waals surface area contributed by atoms with Gasteiger partial charge in [-0.05, 0) is 63.2 Å². The molecule has 3 nitrogen and oxygen atoms in total. The molecule has 0 bridgehead atoms. The Labute approximate surface area is 169 Å². The van der Waals surface area contributed by atoms with E-state index in [1.807, 2.05) is 69.3 Å². The Morgan fingerprint density at radius 2 is 1.36 bits per heavy atom. The van der Waals surface area contributed by atoms with Crippen LogP contribution in [0.4, 0.5) is 0 Å². The Morgan fingerprint density at radius 3 is 1.82 bits per heavy atom. The summed E-state index contributed by atoms with van der Waals surface area (Å²) < 4.78 is 11.1. The van der Waals surface area contributed by atoms with Gasteiger partial charge in [-0.15, -0.1) is 0 Å². The summed E-state index contributed by atoms with van der Waals surface area (Å²) in [6, 6.07) is 26.2. The fraction of sp³-hybridized carbons (Fsp3) is 0.208. The standard InChI is InChI=1S/C24H25O3S/c1-24(2,3)27-18-15-16-22(21(17-18)23(25)26-4)28(19-11-7-5-8-12-19)20-13-9-6-10-14-20/h5-17H,1-4H3/q+1. The summed E-state index contributed by atoms with van der Waals surface area (Å²) in [5, 5.41) is 0. The van der Waals surface area contributed by atoms with Gasteiger partial charge in [0.15, 0.2) is 14.7 Å². The van der Waals surface area contributed by atoms with Crippen molar-refractivity contribution in [2.75, 3.05) is 7.11 Å². The van der Waals surface area contributed by atoms with Crippen molar-refractivity contribution in [3.8, 4) is 5.75 Å². The molecule has 3 rings (SSSR count). The van der Waals surface area contributed by atoms with Crippen LogP contribution in [0.25, 0.3) is 0 Å². The minimum absolute atomic E-state index is 0.352. The molecule has 0 aliphatic heterocycles. The molecule has 3 aromatic carbocycles. The highest BCUT2D eigenvalue weighted by atomic mass is 32.2. The lowest BCUT2D eigenvalue weighted by Gasteiger charge is -2.22. The highest BCUT2D eigenvalue weighted by Crippen LogP contribution is 2.35. The summed E-state index contributed by atoms with van der Waals surface area (Å²) in [5.74, 6) is 0.292. The minimum atomic E-state index is -0.436. The van der Waals surface area contributed by atoms with Gasteiger partial charge < -0.3 is 9.47 Å². The summed E-state index contributed by atoms with van der Waals surface area (Å²) >= 11 is 0. The van der Waals surface area contributed by atoms with Crippen molar-refractivity contribution in [2.45, 2.75) is 41.1 Å². The van der Waals surface area contributed by atoms with Gasteiger partial charge in [0.1, 0.15) is 27.8 Å². The van der Waals surface area contributed by atoms with E-state index in [1.165, 1.54) is 7.11 Å². The molecule has 0 aromatic heterocycles. The molecule has 0 spiro atoms. The van der Waals surface area contributed by atoms with Crippen LogP contribution in [0.2, 0.25) is 0 Å². The summed E-state index contributed by atoms with van der Waals surface area (Å²) in [5.41, 5.74) is 0.176. The Morgan fingerprint density at radius 1 is 0.821 bits per heavy atom. The molecule has 4 heteroatoms. The zero-order valence-electron chi connectivity index (χ0n) is 16.6. The molecule has 0 fully saturated rings. The first kappa shape index (κ1) is 20.0. The second-order valence-corrected chi connectivity index (χ2v) is 9.29. The molecule has 3 aromatic rings. The molecule has 144 valence electrons. The van der Waals surface area contributed by atoms with E-state index in [0.29, 0.717) is 11.3 Å². The Bertz CT molecular complexity index is 892. The number of carbonyl (C=O) groups excluding carboxylic acids is 1. The fourth-order valence-electron chi connectivity index (χ4n) is 2.88. The van der Waals surface area contributed by atoms with E-state index in [2.05, 4.69) is 24.3 Å². The number of ether oxygens (including phenoxy) is 2. The van der Waals surface area contributed by atoms with Crippen LogP contribution in [0.3, 0.4) is 0 Å². The highest BCUT2D eigenvalue weighted by molar-refractivity contribution is 7.97. The number of hydrogen-bond acceptors (Lipinski definition) is 3. The first-order valence-corrected chi connectivity index (χ1v) is 10.4. The van der Waals surface area contributed by atoms with Crippen molar-refractivity contribution in [1.29, 1.82) is 0 Å². The molecule has 0 aliphatic carbocycles. The molecule has 0 saturated carbocycles. The van der Waals surface area contributed by atoms with Crippen LogP contribution in [0.5, 0.6) is 5.75 Å². The second kappa shape index (κ2) is 8.53. The van der Waals surface area contributed by atoms with Crippen LogP contribution in [0.15, 0.2) is 93.5 Å². The maximum absolute atomic E-state index is 12.6. The molecule has 0 saturated heterocycles. The number of methoxy groups -OCH3 is 1. The Hall–Kier alpha value is -2.72. The van der Waals surface area contributed by atoms with Crippen LogP contribution in [-0.4, -0.2) is 18.7 Å². The van der Waals surface area contributed by atoms with Crippen LogP contribution >= 0.6 is 0 Å². The van der Waals surface area contributed by atoms with Crippen molar-refractivity contribution in [2.24, 2.45) is 0 Å². The summed E-state index contributed by atoms with van der Waals surface area (Å²) in [6.45, 7) is 5.95. The molecule has 0 unspecified atom stereocenters. The topological polar surface area (TPSA) is 35.5 Å². The van der Waals surface area contributed by atoms with Gasteiger partial charge in [-0.25, -0.2) is 4.79 Å². The molecular weight excluding hydrogens is 368 g/mol. The van der Waals surface area contributed by atoms with Crippen molar-refractivity contribution < 1.29 is 14.3 Å². The molecule has 0 atom stereocenters. The van der Waals surface area contributed by atoms with Crippen molar-refractivity contribution in [3.63, 3.8) is 0 Å². The van der Waals surface area contributed by atoms with Gasteiger partial charge in [-0.3, -0.25) is 0 Å². The predicted octanol–water partition coefficient (Wildman–Crippen LogP) is 5.75. The first-order valence-electron chi connectivity index (χ1n) is 9.15. The van der Waals surface area contributed by atoms with Gasteiger partial charge in [-0.1, -0.05) is 36.4 Å². The minimum Gasteiger partial charge on any atom is -0.488 e. The second-order valence-electron chi connectivity index (χ2n) is 7.30. The lowest BCUT2D eigenvalue weighted by Crippen LogP contribution is -2.23. The molecule has 0 radical (unpaired) electrons. The molecule has 28 heavy (non-hydrogen) atoms. The van der Waals surface area contributed by atoms with E-state index >= 15 is 0 Å². The Balaban J connectivity index is 2.18. The molecule has 0 aliphatic rings. The van der Waals surface area contributed by atoms with Crippen molar-refractivity contribution in [1.82, 2.24) is 0 Å².